The van der Waals surface area contributed by atoms with Gasteiger partial charge in [0.2, 0.25) is 11.9 Å². The van der Waals surface area contributed by atoms with Gasteiger partial charge in [-0.25, -0.2) is 0 Å². The summed E-state index contributed by atoms with van der Waals surface area (Å²) in [6.07, 6.45) is -7.00. The van der Waals surface area contributed by atoms with Gasteiger partial charge in [0.1, 0.15) is 12.7 Å². The van der Waals surface area contributed by atoms with Gasteiger partial charge in [0.15, 0.2) is 12.2 Å². The third kappa shape index (κ3) is 6.44. The van der Waals surface area contributed by atoms with Crippen molar-refractivity contribution in [2.24, 2.45) is 5.73 Å². The summed E-state index contributed by atoms with van der Waals surface area (Å²) in [6, 6.07) is 4.81. The maximum Gasteiger partial charge on any atom is 0.333 e. The van der Waals surface area contributed by atoms with Gasteiger partial charge in [-0.05, 0) is 6.07 Å². The first kappa shape index (κ1) is 28.0. The first-order chi connectivity index (χ1) is 16.8. The minimum absolute atomic E-state index is 0.530. The largest absolute Gasteiger partial charge is 0.463 e. The smallest absolute Gasteiger partial charge is 0.333 e. The molecule has 0 saturated carbocycles. The predicted molar refractivity (Wildman–Crippen MR) is 114 cm³/mol. The second-order valence-electron chi connectivity index (χ2n) is 7.50. The number of nitro groups is 1. The summed E-state index contributed by atoms with van der Waals surface area (Å²) in [5.41, 5.74) is 4.97. The number of para-hydroxylation sites is 2. The minimum atomic E-state index is -2.88. The molecule has 0 aromatic heterocycles. The molecule has 1 heterocycles. The molecule has 15 heteroatoms. The van der Waals surface area contributed by atoms with Crippen molar-refractivity contribution in [1.29, 1.82) is 0 Å². The van der Waals surface area contributed by atoms with Gasteiger partial charge in [-0.3, -0.25) is 34.1 Å². The molecule has 0 radical (unpaired) electrons. The van der Waals surface area contributed by atoms with Crippen LogP contribution in [0.15, 0.2) is 24.3 Å². The van der Waals surface area contributed by atoms with Crippen molar-refractivity contribution >= 4 is 35.5 Å². The van der Waals surface area contributed by atoms with Gasteiger partial charge in [0.25, 0.3) is 5.91 Å². The zero-order chi connectivity index (χ0) is 27.2. The van der Waals surface area contributed by atoms with E-state index in [0.717, 1.165) is 39.8 Å². The van der Waals surface area contributed by atoms with Crippen molar-refractivity contribution < 1.29 is 57.3 Å². The van der Waals surface area contributed by atoms with Crippen molar-refractivity contribution in [2.45, 2.75) is 57.9 Å². The van der Waals surface area contributed by atoms with E-state index in [0.29, 0.717) is 0 Å². The number of amides is 1. The fraction of sp³-hybridized carbons (Fsp3) is 0.476. The first-order valence-electron chi connectivity index (χ1n) is 10.3. The van der Waals surface area contributed by atoms with E-state index in [2.05, 4.69) is 0 Å². The van der Waals surface area contributed by atoms with Gasteiger partial charge in [-0.2, -0.15) is 0 Å². The summed E-state index contributed by atoms with van der Waals surface area (Å²) < 4.78 is 31.9. The molecule has 1 amide bonds. The standard InChI is InChI=1S/C21H24N2O13/c1-10(24)31-9-16-17(32-11(2)25)18(33-12(3)26)19(34-13(4)27)21(36-16,20(22)28)35-15-8-6-5-7-14(15)23(29)30/h5-8,16-19H,9H2,1-4H3,(H2,22,28)/t16-,17+,18+,19-,21+/m1/s1. The SMILES string of the molecule is CC(=O)OC[C@H]1O[C@](Oc2ccccc2[N+](=O)[O-])(C(N)=O)[C@H](OC(C)=O)[C@@H](OC(C)=O)[C@H]1OC(C)=O. The molecule has 2 N–H and O–H groups in total. The summed E-state index contributed by atoms with van der Waals surface area (Å²) in [7, 11) is 0. The Kier molecular flexibility index (Phi) is 8.89. The van der Waals surface area contributed by atoms with Crippen LogP contribution in [-0.4, -0.2) is 71.5 Å². The Morgan fingerprint density at radius 1 is 0.944 bits per heavy atom. The molecule has 0 aliphatic carbocycles. The lowest BCUT2D eigenvalue weighted by molar-refractivity contribution is -0.388. The molecule has 1 aromatic rings. The van der Waals surface area contributed by atoms with E-state index in [-0.39, 0.29) is 0 Å². The van der Waals surface area contributed by atoms with E-state index in [4.69, 9.17) is 34.2 Å². The van der Waals surface area contributed by atoms with Crippen molar-refractivity contribution in [1.82, 2.24) is 0 Å². The van der Waals surface area contributed by atoms with Gasteiger partial charge in [0, 0.05) is 33.8 Å². The monoisotopic (exact) mass is 512 g/mol. The summed E-state index contributed by atoms with van der Waals surface area (Å²) in [5.74, 6) is -8.56. The number of nitrogens with two attached hydrogens (primary N) is 1. The number of hydrogen-bond acceptors (Lipinski definition) is 13. The molecule has 1 aromatic carbocycles. The fourth-order valence-electron chi connectivity index (χ4n) is 3.45. The quantitative estimate of drug-likeness (QED) is 0.199. The van der Waals surface area contributed by atoms with Crippen molar-refractivity contribution in [2.75, 3.05) is 6.61 Å². The maximum absolute atomic E-state index is 12.9. The summed E-state index contributed by atoms with van der Waals surface area (Å²) in [4.78, 5) is 70.8. The zero-order valence-electron chi connectivity index (χ0n) is 19.7. The Morgan fingerprint density at radius 3 is 2.00 bits per heavy atom. The average Bonchev–Trinajstić information content (AvgIpc) is 2.75. The summed E-state index contributed by atoms with van der Waals surface area (Å²) in [5, 5.41) is 11.5. The van der Waals surface area contributed by atoms with Crippen molar-refractivity contribution in [3.8, 4) is 5.75 Å². The number of esters is 4. The van der Waals surface area contributed by atoms with Crippen LogP contribution in [0.1, 0.15) is 27.7 Å². The number of ether oxygens (including phenoxy) is 6. The number of benzene rings is 1. The molecular formula is C21H24N2O13. The number of carbonyl (C=O) groups excluding carboxylic acids is 5. The molecule has 2 rings (SSSR count). The highest BCUT2D eigenvalue weighted by atomic mass is 16.8. The highest BCUT2D eigenvalue weighted by molar-refractivity contribution is 5.84. The van der Waals surface area contributed by atoms with Crippen LogP contribution < -0.4 is 10.5 Å². The molecule has 5 atom stereocenters. The van der Waals surface area contributed by atoms with Crippen LogP contribution in [-0.2, 0) is 47.7 Å². The van der Waals surface area contributed by atoms with Crippen LogP contribution in [0.5, 0.6) is 5.75 Å². The Balaban J connectivity index is 2.77. The van der Waals surface area contributed by atoms with E-state index in [1.165, 1.54) is 12.1 Å². The van der Waals surface area contributed by atoms with E-state index >= 15 is 0 Å². The predicted octanol–water partition coefficient (Wildman–Crippen LogP) is -0.0878. The average molecular weight is 512 g/mol. The lowest BCUT2D eigenvalue weighted by Gasteiger charge is -2.48. The number of hydrogen-bond donors (Lipinski definition) is 1. The zero-order valence-corrected chi connectivity index (χ0v) is 19.7. The van der Waals surface area contributed by atoms with E-state index < -0.39 is 83.0 Å². The lowest BCUT2D eigenvalue weighted by atomic mass is 9.90. The summed E-state index contributed by atoms with van der Waals surface area (Å²) in [6.45, 7) is 3.30. The fourth-order valence-corrected chi connectivity index (χ4v) is 3.45. The third-order valence-corrected chi connectivity index (χ3v) is 4.70. The molecule has 0 unspecified atom stereocenters. The van der Waals surface area contributed by atoms with Gasteiger partial charge < -0.3 is 34.2 Å². The Morgan fingerprint density at radius 2 is 1.50 bits per heavy atom. The normalized spacial score (nSPS) is 25.1. The minimum Gasteiger partial charge on any atom is -0.463 e. The van der Waals surface area contributed by atoms with E-state index in [1.807, 2.05) is 0 Å². The van der Waals surface area contributed by atoms with Gasteiger partial charge in [-0.15, -0.1) is 0 Å². The van der Waals surface area contributed by atoms with Gasteiger partial charge in [-0.1, -0.05) is 12.1 Å². The van der Waals surface area contributed by atoms with Gasteiger partial charge >= 0.3 is 35.4 Å². The number of nitro benzene ring substituents is 1. The number of rotatable bonds is 9. The highest BCUT2D eigenvalue weighted by Crippen LogP contribution is 2.40. The number of primary amides is 1. The Labute approximate surface area is 203 Å². The molecule has 0 bridgehead atoms. The van der Waals surface area contributed by atoms with E-state index in [1.54, 1.807) is 0 Å². The third-order valence-electron chi connectivity index (χ3n) is 4.70. The molecule has 1 fully saturated rings. The second-order valence-corrected chi connectivity index (χ2v) is 7.50. The van der Waals surface area contributed by atoms with Gasteiger partial charge in [0.05, 0.1) is 4.92 Å². The Bertz CT molecular complexity index is 1060. The molecule has 15 nitrogen and oxygen atoms in total. The molecule has 1 saturated heterocycles. The second kappa shape index (κ2) is 11.4. The maximum atomic E-state index is 12.9. The lowest BCUT2D eigenvalue weighted by Crippen LogP contribution is -2.74. The molecule has 36 heavy (non-hydrogen) atoms. The van der Waals surface area contributed by atoms with Crippen molar-refractivity contribution in [3.05, 3.63) is 34.4 Å². The van der Waals surface area contributed by atoms with Crippen LogP contribution >= 0.6 is 0 Å². The molecule has 0 spiro atoms. The molecule has 196 valence electrons. The Hall–Kier alpha value is -4.27. The topological polar surface area (TPSA) is 210 Å². The number of nitrogens with zero attached hydrogens (tertiary/aromatic N) is 1. The van der Waals surface area contributed by atoms with Crippen LogP contribution in [0.25, 0.3) is 0 Å². The highest BCUT2D eigenvalue weighted by Gasteiger charge is 2.65. The molecule has 1 aliphatic rings. The number of carbonyl (C=O) groups is 5. The van der Waals surface area contributed by atoms with Crippen LogP contribution in [0.3, 0.4) is 0 Å². The molecule has 1 aliphatic heterocycles. The van der Waals surface area contributed by atoms with E-state index in [9.17, 15) is 34.1 Å². The summed E-state index contributed by atoms with van der Waals surface area (Å²) >= 11 is 0. The van der Waals surface area contributed by atoms with Crippen LogP contribution in [0, 0.1) is 10.1 Å². The van der Waals surface area contributed by atoms with Crippen molar-refractivity contribution in [3.63, 3.8) is 0 Å². The molecular weight excluding hydrogens is 488 g/mol. The van der Waals surface area contributed by atoms with Crippen LogP contribution in [0.2, 0.25) is 0 Å². The van der Waals surface area contributed by atoms with Crippen LogP contribution in [0.4, 0.5) is 5.69 Å². The first-order valence-corrected chi connectivity index (χ1v) is 10.3.